The molecule has 1 aliphatic heterocycles. The number of H-pyrrole nitrogens is 1. The van der Waals surface area contributed by atoms with Crippen molar-refractivity contribution in [3.8, 4) is 0 Å². The molecule has 19 heavy (non-hydrogen) atoms. The molecule has 0 aliphatic carbocycles. The van der Waals surface area contributed by atoms with Crippen LogP contribution in [-0.4, -0.2) is 58.0 Å². The van der Waals surface area contributed by atoms with Crippen LogP contribution < -0.4 is 5.56 Å². The Morgan fingerprint density at radius 2 is 1.84 bits per heavy atom. The zero-order chi connectivity index (χ0) is 13.8. The van der Waals surface area contributed by atoms with E-state index in [2.05, 4.69) is 10.2 Å². The van der Waals surface area contributed by atoms with Crippen molar-refractivity contribution in [3.05, 3.63) is 28.2 Å². The van der Waals surface area contributed by atoms with Gasteiger partial charge in [-0.25, -0.2) is 5.10 Å². The highest BCUT2D eigenvalue weighted by Gasteiger charge is 2.22. The fourth-order valence-electron chi connectivity index (χ4n) is 2.06. The van der Waals surface area contributed by atoms with Crippen LogP contribution in [0.2, 0.25) is 0 Å². The monoisotopic (exact) mass is 264 g/mol. The van der Waals surface area contributed by atoms with E-state index in [0.717, 1.165) is 6.42 Å². The van der Waals surface area contributed by atoms with Gasteiger partial charge in [0.2, 0.25) is 5.91 Å². The molecule has 7 nitrogen and oxygen atoms in total. The number of nitrogens with zero attached hydrogens (tertiary/aromatic N) is 3. The third-order valence-corrected chi connectivity index (χ3v) is 3.13. The number of rotatable bonds is 1. The second-order valence-corrected chi connectivity index (χ2v) is 4.46. The van der Waals surface area contributed by atoms with Crippen molar-refractivity contribution in [2.24, 2.45) is 0 Å². The maximum Gasteiger partial charge on any atom is 0.274 e. The summed E-state index contributed by atoms with van der Waals surface area (Å²) in [7, 11) is 0. The maximum atomic E-state index is 12.2. The lowest BCUT2D eigenvalue weighted by molar-refractivity contribution is -0.128. The molecule has 0 saturated carbocycles. The molecule has 1 fully saturated rings. The highest BCUT2D eigenvalue weighted by atomic mass is 16.2. The van der Waals surface area contributed by atoms with E-state index in [1.54, 1.807) is 9.80 Å². The lowest BCUT2D eigenvalue weighted by atomic mass is 10.3. The Hall–Kier alpha value is -2.18. The van der Waals surface area contributed by atoms with Crippen LogP contribution in [-0.2, 0) is 4.79 Å². The molecule has 0 atom stereocenters. The van der Waals surface area contributed by atoms with Gasteiger partial charge in [0.15, 0.2) is 0 Å². The Labute approximate surface area is 110 Å². The second-order valence-electron chi connectivity index (χ2n) is 4.46. The van der Waals surface area contributed by atoms with Gasteiger partial charge < -0.3 is 9.80 Å². The minimum absolute atomic E-state index is 0.0245. The van der Waals surface area contributed by atoms with E-state index in [0.29, 0.717) is 26.2 Å². The smallest absolute Gasteiger partial charge is 0.274 e. The summed E-state index contributed by atoms with van der Waals surface area (Å²) in [6, 6.07) is 2.69. The molecule has 1 aromatic rings. The van der Waals surface area contributed by atoms with Crippen molar-refractivity contribution in [2.75, 3.05) is 26.2 Å². The minimum Gasteiger partial charge on any atom is -0.341 e. The predicted molar refractivity (Wildman–Crippen MR) is 67.6 cm³/mol. The number of amides is 2. The zero-order valence-corrected chi connectivity index (χ0v) is 10.8. The van der Waals surface area contributed by atoms with Gasteiger partial charge in [0, 0.05) is 39.2 Å². The third-order valence-electron chi connectivity index (χ3n) is 3.13. The van der Waals surface area contributed by atoms with E-state index < -0.39 is 0 Å². The molecule has 0 unspecified atom stereocenters. The molecule has 1 aromatic heterocycles. The average Bonchev–Trinajstić information content (AvgIpc) is 2.64. The Balaban J connectivity index is 2.05. The van der Waals surface area contributed by atoms with Gasteiger partial charge >= 0.3 is 0 Å². The number of nitrogens with one attached hydrogen (secondary N) is 1. The summed E-state index contributed by atoms with van der Waals surface area (Å²) in [6.45, 7) is 3.80. The van der Waals surface area contributed by atoms with Gasteiger partial charge in [0.05, 0.1) is 0 Å². The van der Waals surface area contributed by atoms with Gasteiger partial charge in [-0.2, -0.15) is 5.10 Å². The third kappa shape index (κ3) is 3.18. The van der Waals surface area contributed by atoms with Gasteiger partial charge in [-0.15, -0.1) is 0 Å². The molecule has 0 radical (unpaired) electrons. The molecule has 1 saturated heterocycles. The lowest BCUT2D eigenvalue weighted by Gasteiger charge is -2.20. The molecule has 7 heteroatoms. The molecule has 0 spiro atoms. The number of hydrogen-bond donors (Lipinski definition) is 1. The topological polar surface area (TPSA) is 86.4 Å². The fraction of sp³-hybridized carbons (Fsp3) is 0.500. The van der Waals surface area contributed by atoms with Crippen molar-refractivity contribution < 1.29 is 9.59 Å². The first kappa shape index (κ1) is 13.3. The second kappa shape index (κ2) is 5.64. The maximum absolute atomic E-state index is 12.2. The average molecular weight is 264 g/mol. The van der Waals surface area contributed by atoms with Gasteiger partial charge in [0.25, 0.3) is 11.5 Å². The zero-order valence-electron chi connectivity index (χ0n) is 10.8. The Morgan fingerprint density at radius 1 is 1.16 bits per heavy atom. The summed E-state index contributed by atoms with van der Waals surface area (Å²) in [5, 5.41) is 5.97. The van der Waals surface area contributed by atoms with Crippen LogP contribution in [0, 0.1) is 0 Å². The molecule has 1 N–H and O–H groups in total. The minimum atomic E-state index is -0.338. The summed E-state index contributed by atoms with van der Waals surface area (Å²) in [5.74, 6) is -0.196. The van der Waals surface area contributed by atoms with Crippen LogP contribution in [0.15, 0.2) is 16.9 Å². The first-order chi connectivity index (χ1) is 9.08. The van der Waals surface area contributed by atoms with Crippen molar-refractivity contribution in [1.29, 1.82) is 0 Å². The molecular formula is C12H16N4O3. The van der Waals surface area contributed by atoms with Gasteiger partial charge in [-0.05, 0) is 12.5 Å². The van der Waals surface area contributed by atoms with Crippen LogP contribution in [0.25, 0.3) is 0 Å². The van der Waals surface area contributed by atoms with E-state index in [1.807, 2.05) is 0 Å². The lowest BCUT2D eigenvalue weighted by Crippen LogP contribution is -2.37. The molecule has 0 aromatic carbocycles. The molecule has 2 heterocycles. The Kier molecular flexibility index (Phi) is 3.94. The van der Waals surface area contributed by atoms with Crippen LogP contribution in [0.1, 0.15) is 23.8 Å². The number of aromatic amines is 1. The fourth-order valence-corrected chi connectivity index (χ4v) is 2.06. The van der Waals surface area contributed by atoms with Crippen molar-refractivity contribution in [1.82, 2.24) is 20.0 Å². The number of carbonyl (C=O) groups is 2. The molecule has 2 amide bonds. The quantitative estimate of drug-likeness (QED) is 0.738. The number of hydrogen-bond acceptors (Lipinski definition) is 4. The van der Waals surface area contributed by atoms with E-state index in [1.165, 1.54) is 19.1 Å². The van der Waals surface area contributed by atoms with E-state index in [-0.39, 0.29) is 23.1 Å². The first-order valence-corrected chi connectivity index (χ1v) is 6.18. The molecule has 1 aliphatic rings. The Bertz CT molecular complexity index is 520. The van der Waals surface area contributed by atoms with Gasteiger partial charge in [-0.1, -0.05) is 0 Å². The predicted octanol–water partition coefficient (Wildman–Crippen LogP) is -0.536. The van der Waals surface area contributed by atoms with Crippen LogP contribution >= 0.6 is 0 Å². The normalized spacial score (nSPS) is 16.1. The summed E-state index contributed by atoms with van der Waals surface area (Å²) < 4.78 is 0. The van der Waals surface area contributed by atoms with Crippen LogP contribution in [0.4, 0.5) is 0 Å². The summed E-state index contributed by atoms with van der Waals surface area (Å²) >= 11 is 0. The summed E-state index contributed by atoms with van der Waals surface area (Å²) in [5.41, 5.74) is -0.119. The van der Waals surface area contributed by atoms with Crippen LogP contribution in [0.5, 0.6) is 0 Å². The Morgan fingerprint density at radius 3 is 2.47 bits per heavy atom. The molecule has 2 rings (SSSR count). The van der Waals surface area contributed by atoms with Gasteiger partial charge in [0.1, 0.15) is 5.69 Å². The highest BCUT2D eigenvalue weighted by molar-refractivity contribution is 5.92. The van der Waals surface area contributed by atoms with Crippen molar-refractivity contribution in [2.45, 2.75) is 13.3 Å². The first-order valence-electron chi connectivity index (χ1n) is 6.18. The molecular weight excluding hydrogens is 248 g/mol. The van der Waals surface area contributed by atoms with E-state index in [4.69, 9.17) is 0 Å². The van der Waals surface area contributed by atoms with Crippen molar-refractivity contribution >= 4 is 11.8 Å². The number of aromatic nitrogens is 2. The van der Waals surface area contributed by atoms with E-state index in [9.17, 15) is 14.4 Å². The molecule has 0 bridgehead atoms. The van der Waals surface area contributed by atoms with Gasteiger partial charge in [-0.3, -0.25) is 14.4 Å². The SMILES string of the molecule is CC(=O)N1CCCN(C(=O)c2ccc(=O)[nH]n2)CC1. The summed E-state index contributed by atoms with van der Waals surface area (Å²) in [6.07, 6.45) is 0.745. The molecule has 102 valence electrons. The van der Waals surface area contributed by atoms with Crippen molar-refractivity contribution in [3.63, 3.8) is 0 Å². The number of carbonyl (C=O) groups excluding carboxylic acids is 2. The highest BCUT2D eigenvalue weighted by Crippen LogP contribution is 2.07. The largest absolute Gasteiger partial charge is 0.341 e. The van der Waals surface area contributed by atoms with Crippen LogP contribution in [0.3, 0.4) is 0 Å². The summed E-state index contributed by atoms with van der Waals surface area (Å²) in [4.78, 5) is 37.8. The standard InChI is InChI=1S/C12H16N4O3/c1-9(17)15-5-2-6-16(8-7-15)12(19)10-3-4-11(18)14-13-10/h3-4H,2,5-8H2,1H3,(H,14,18). The van der Waals surface area contributed by atoms with E-state index >= 15 is 0 Å².